The van der Waals surface area contributed by atoms with Crippen molar-refractivity contribution in [2.24, 2.45) is 5.16 Å². The topological polar surface area (TPSA) is 221 Å². The highest BCUT2D eigenvalue weighted by molar-refractivity contribution is 8.00. The fourth-order valence-corrected chi connectivity index (χ4v) is 8.64. The lowest BCUT2D eigenvalue weighted by atomic mass is 10.0. The van der Waals surface area contributed by atoms with Gasteiger partial charge in [0.25, 0.3) is 17.7 Å². The van der Waals surface area contributed by atoms with Crippen molar-refractivity contribution in [3.8, 4) is 5.75 Å². The van der Waals surface area contributed by atoms with E-state index < -0.39 is 29.2 Å². The molecule has 280 valence electrons. The lowest BCUT2D eigenvalue weighted by Crippen LogP contribution is -2.71. The van der Waals surface area contributed by atoms with Gasteiger partial charge in [-0.3, -0.25) is 24.1 Å². The molecule has 4 aliphatic rings. The molecule has 3 aliphatic heterocycles. The third-order valence-corrected chi connectivity index (χ3v) is 11.3. The maximum atomic E-state index is 13.5. The second kappa shape index (κ2) is 15.7. The molecular weight excluding hydrogens is 737 g/mol. The van der Waals surface area contributed by atoms with Gasteiger partial charge >= 0.3 is 5.97 Å². The Morgan fingerprint density at radius 2 is 1.98 bits per heavy atom. The molecule has 0 spiro atoms. The quantitative estimate of drug-likeness (QED) is 0.0590. The number of carbonyl (C=O) groups is 5. The molecule has 4 amide bonds. The van der Waals surface area contributed by atoms with Gasteiger partial charge in [-0.2, -0.15) is 4.57 Å². The van der Waals surface area contributed by atoms with E-state index in [-0.39, 0.29) is 64.7 Å². The van der Waals surface area contributed by atoms with Crippen molar-refractivity contribution in [1.29, 1.82) is 0 Å². The molecule has 2 saturated heterocycles. The molecule has 1 saturated carbocycles. The molecule has 0 radical (unpaired) electrons. The molecule has 2 aromatic heterocycles. The third kappa shape index (κ3) is 7.93. The van der Waals surface area contributed by atoms with Crippen LogP contribution >= 0.6 is 23.1 Å². The normalized spacial score (nSPS) is 21.0. The van der Waals surface area contributed by atoms with E-state index in [1.54, 1.807) is 51.5 Å². The van der Waals surface area contributed by atoms with Crippen LogP contribution in [-0.4, -0.2) is 90.1 Å². The Labute approximate surface area is 317 Å². The van der Waals surface area contributed by atoms with Gasteiger partial charge < -0.3 is 36.3 Å². The minimum atomic E-state index is -1.32. The Kier molecular flexibility index (Phi) is 10.6. The van der Waals surface area contributed by atoms with E-state index >= 15 is 0 Å². The van der Waals surface area contributed by atoms with Gasteiger partial charge in [-0.05, 0) is 62.0 Å². The van der Waals surface area contributed by atoms with Crippen LogP contribution in [0.4, 0.5) is 10.8 Å². The van der Waals surface area contributed by atoms with Gasteiger partial charge in [0.15, 0.2) is 23.2 Å². The van der Waals surface area contributed by atoms with Gasteiger partial charge in [-0.1, -0.05) is 11.2 Å². The van der Waals surface area contributed by atoms with Gasteiger partial charge in [0.05, 0.1) is 6.54 Å². The molecular formula is C36H37N8O8S2+. The number of nitrogens with two attached hydrogens (primary N) is 1. The van der Waals surface area contributed by atoms with Crippen molar-refractivity contribution in [3.05, 3.63) is 88.3 Å². The van der Waals surface area contributed by atoms with Crippen molar-refractivity contribution in [3.63, 3.8) is 0 Å². The van der Waals surface area contributed by atoms with Gasteiger partial charge in [0, 0.05) is 46.6 Å². The van der Waals surface area contributed by atoms with Gasteiger partial charge in [0.1, 0.15) is 34.7 Å². The van der Waals surface area contributed by atoms with E-state index in [1.165, 1.54) is 23.9 Å². The van der Waals surface area contributed by atoms with Gasteiger partial charge in [-0.15, -0.1) is 23.1 Å². The minimum absolute atomic E-state index is 0.0116. The number of likely N-dealkylation sites (tertiary alicyclic amines) is 1. The number of carboxylic acids is 1. The van der Waals surface area contributed by atoms with Gasteiger partial charge in [-0.25, -0.2) is 9.78 Å². The third-order valence-electron chi connectivity index (χ3n) is 9.37. The number of oxime groups is 1. The number of fused-ring (bicyclic) bond motifs is 1. The highest BCUT2D eigenvalue weighted by atomic mass is 32.2. The number of carboxylic acid groups (broad SMARTS) is 1. The van der Waals surface area contributed by atoms with Crippen molar-refractivity contribution >= 4 is 69.2 Å². The van der Waals surface area contributed by atoms with Crippen LogP contribution in [0, 0.1) is 0 Å². The number of aromatic hydroxyl groups is 1. The number of phenolic OH excluding ortho intramolecular Hbond substituents is 1. The largest absolute Gasteiger partial charge is 0.508 e. The molecule has 1 aromatic carbocycles. The van der Waals surface area contributed by atoms with Crippen LogP contribution in [0.25, 0.3) is 0 Å². The van der Waals surface area contributed by atoms with E-state index in [9.17, 15) is 34.2 Å². The lowest BCUT2D eigenvalue weighted by molar-refractivity contribution is -0.684. The van der Waals surface area contributed by atoms with Crippen molar-refractivity contribution in [2.75, 3.05) is 23.3 Å². The molecule has 54 heavy (non-hydrogen) atoms. The summed E-state index contributed by atoms with van der Waals surface area (Å²) in [5, 5.41) is 30.5. The summed E-state index contributed by atoms with van der Waals surface area (Å²) in [5.41, 5.74) is 7.66. The van der Waals surface area contributed by atoms with E-state index in [0.717, 1.165) is 47.5 Å². The summed E-state index contributed by atoms with van der Waals surface area (Å²) in [7, 11) is 0. The first-order chi connectivity index (χ1) is 26.0. The summed E-state index contributed by atoms with van der Waals surface area (Å²) < 4.78 is 1.69. The van der Waals surface area contributed by atoms with Crippen molar-refractivity contribution in [1.82, 2.24) is 20.1 Å². The van der Waals surface area contributed by atoms with Crippen LogP contribution in [0.15, 0.2) is 82.2 Å². The highest BCUT2D eigenvalue weighted by Crippen LogP contribution is 2.41. The van der Waals surface area contributed by atoms with Crippen LogP contribution in [0.3, 0.4) is 0 Å². The smallest absolute Gasteiger partial charge is 0.352 e. The van der Waals surface area contributed by atoms with E-state index in [0.29, 0.717) is 29.8 Å². The molecule has 0 bridgehead atoms. The zero-order valence-electron chi connectivity index (χ0n) is 28.8. The summed E-state index contributed by atoms with van der Waals surface area (Å²) in [6.07, 6.45) is 8.96. The first kappa shape index (κ1) is 36.6. The van der Waals surface area contributed by atoms with E-state index in [1.807, 2.05) is 6.07 Å². The van der Waals surface area contributed by atoms with Crippen LogP contribution in [0.1, 0.15) is 43.4 Å². The van der Waals surface area contributed by atoms with Gasteiger partial charge in [0.2, 0.25) is 12.5 Å². The monoisotopic (exact) mass is 773 g/mol. The Balaban J connectivity index is 1.00. The Morgan fingerprint density at radius 3 is 2.72 bits per heavy atom. The predicted octanol–water partition coefficient (Wildman–Crippen LogP) is 2.12. The summed E-state index contributed by atoms with van der Waals surface area (Å²) in [4.78, 5) is 78.1. The fourth-order valence-electron chi connectivity index (χ4n) is 6.79. The van der Waals surface area contributed by atoms with E-state index in [2.05, 4.69) is 20.8 Å². The molecule has 5 heterocycles. The molecule has 18 heteroatoms. The number of allylic oxidation sites excluding steroid dienone is 1. The second-order valence-corrected chi connectivity index (χ2v) is 15.2. The Bertz CT molecular complexity index is 2110. The molecule has 1 aliphatic carbocycles. The average Bonchev–Trinajstić information content (AvgIpc) is 3.90. The average molecular weight is 774 g/mol. The van der Waals surface area contributed by atoms with Crippen LogP contribution in [0.2, 0.25) is 0 Å². The number of hydrogen-bond donors (Lipinski definition) is 5. The zero-order chi connectivity index (χ0) is 37.9. The molecule has 16 nitrogen and oxygen atoms in total. The molecule has 3 aromatic rings. The predicted molar refractivity (Wildman–Crippen MR) is 198 cm³/mol. The number of pyridine rings is 1. The number of hydrogen-bond acceptors (Lipinski definition) is 12. The molecule has 6 N–H and O–H groups in total. The number of benzene rings is 1. The lowest BCUT2D eigenvalue weighted by Gasteiger charge is -2.49. The number of thiazole rings is 1. The molecule has 7 rings (SSSR count). The standard InChI is InChI=1S/C36H36N8O8S2/c37-36-39-26(19-54-36)28(41-52-25-8-1-2-9-25)31(47)40-29-33(49)44-30(35(50)51)22(18-53-34(29)44)13-21-10-12-43(32(21)48)16-20-5-4-11-42(15-20)17-27(46)38-23-6-3-7-24(45)14-23/h3-7,11,13-15,19,25,29,34H,1-2,8-10,12,16-18H2,(H5-,37,38,39,40,45,46,47,50,51)/p+1/b21-13+,41-28-/t29-,34-/m1/s1. The number of nitrogens with zero attached hydrogens (tertiary/aromatic N) is 5. The number of aromatic nitrogens is 2. The summed E-state index contributed by atoms with van der Waals surface area (Å²) >= 11 is 2.42. The molecule has 0 unspecified atom stereocenters. The summed E-state index contributed by atoms with van der Waals surface area (Å²) in [6.45, 7) is 0.680. The number of nitrogen functional groups attached to an aromatic ring is 1. The molecule has 3 fully saturated rings. The van der Waals surface area contributed by atoms with Crippen LogP contribution in [-0.2, 0) is 41.9 Å². The van der Waals surface area contributed by atoms with Crippen LogP contribution in [0.5, 0.6) is 5.75 Å². The fraction of sp³-hybridized carbons (Fsp3) is 0.333. The minimum Gasteiger partial charge on any atom is -0.508 e. The number of thioether (sulfide) groups is 1. The Hall–Kier alpha value is -5.75. The number of carbonyl (C=O) groups excluding carboxylic acids is 4. The van der Waals surface area contributed by atoms with Crippen LogP contribution < -0.4 is 20.9 Å². The first-order valence-corrected chi connectivity index (χ1v) is 19.2. The number of β-lactam (4-membered cyclic amide) rings is 1. The molecule has 2 atom stereocenters. The number of aliphatic carboxylic acids is 1. The second-order valence-electron chi connectivity index (χ2n) is 13.2. The number of rotatable bonds is 12. The SMILES string of the molecule is Nc1nc(/C(=N/OC2CCCC2)C(=O)N[C@@H]2C(=O)N3C(C(=O)O)=C(/C=C4\CCN(Cc5ccc[n+](CC(=O)Nc6cccc(O)c6)c5)C4=O)CS[C@H]23)cs1. The summed E-state index contributed by atoms with van der Waals surface area (Å²) in [5.74, 6) is -2.93. The zero-order valence-corrected chi connectivity index (χ0v) is 30.5. The van der Waals surface area contributed by atoms with Crippen molar-refractivity contribution in [2.45, 2.75) is 62.7 Å². The number of nitrogens with one attached hydrogen (secondary N) is 2. The highest BCUT2D eigenvalue weighted by Gasteiger charge is 2.54. The number of amides is 4. The Morgan fingerprint density at radius 1 is 1.17 bits per heavy atom. The maximum absolute atomic E-state index is 13.5. The number of phenols is 1. The summed E-state index contributed by atoms with van der Waals surface area (Å²) in [6, 6.07) is 8.85. The first-order valence-electron chi connectivity index (χ1n) is 17.3. The van der Waals surface area contributed by atoms with E-state index in [4.69, 9.17) is 10.6 Å². The van der Waals surface area contributed by atoms with Crippen molar-refractivity contribution < 1.29 is 43.6 Å². The number of anilines is 2. The maximum Gasteiger partial charge on any atom is 0.352 e.